The molecule has 2 radical (unpaired) electrons. The molecule has 0 aromatic heterocycles. The summed E-state index contributed by atoms with van der Waals surface area (Å²) >= 11 is 0. The van der Waals surface area contributed by atoms with Crippen LogP contribution in [0.3, 0.4) is 0 Å². The van der Waals surface area contributed by atoms with Crippen LogP contribution < -0.4 is 0 Å². The molecule has 0 unspecified atom stereocenters. The molecule has 0 spiro atoms. The van der Waals surface area contributed by atoms with Crippen LogP contribution in [-0.2, 0) is 28.4 Å². The Morgan fingerprint density at radius 3 is 1.46 bits per heavy atom. The second-order valence-corrected chi connectivity index (χ2v) is 5.40. The van der Waals surface area contributed by atoms with Gasteiger partial charge < -0.3 is 33.2 Å². The minimum atomic E-state index is 0.243. The van der Waals surface area contributed by atoms with Crippen LogP contribution >= 0.6 is 0 Å². The molecular weight excluding hydrogens is 337 g/mol. The molecular formula is C18H40BNO6. The molecule has 0 N–H and O–H groups in total. The zero-order chi connectivity index (χ0) is 19.9. The topological polar surface area (TPSA) is 58.6 Å². The van der Waals surface area contributed by atoms with Crippen molar-refractivity contribution in [3.8, 4) is 0 Å². The van der Waals surface area contributed by atoms with Crippen molar-refractivity contribution >= 4 is 7.98 Å². The van der Waals surface area contributed by atoms with Crippen molar-refractivity contribution in [1.82, 2.24) is 4.81 Å². The molecule has 0 atom stereocenters. The number of ether oxygens (including phenoxy) is 6. The molecule has 0 aliphatic heterocycles. The summed E-state index contributed by atoms with van der Waals surface area (Å²) in [5.74, 6) is 0. The SMILES string of the molecule is CC.[B]N(CCOCCOCCOC)CCOCCOCCOC(C)C. The van der Waals surface area contributed by atoms with E-state index in [2.05, 4.69) is 0 Å². The molecule has 0 amide bonds. The summed E-state index contributed by atoms with van der Waals surface area (Å²) in [4.78, 5) is 1.68. The molecule has 7 nitrogen and oxygen atoms in total. The number of hydrogen-bond donors (Lipinski definition) is 0. The molecule has 0 aliphatic carbocycles. The molecule has 156 valence electrons. The standard InChI is InChI=1S/C16H34BNO6.C2H6/c1-16(2)24-15-14-23-13-11-21-7-5-18(17)4-6-20-10-12-22-9-8-19-3;1-2/h16H,4-15H2,1-3H3;1-2H3. The van der Waals surface area contributed by atoms with Gasteiger partial charge in [0.25, 0.3) is 0 Å². The lowest BCUT2D eigenvalue weighted by Crippen LogP contribution is -2.29. The quantitative estimate of drug-likeness (QED) is 0.250. The van der Waals surface area contributed by atoms with E-state index >= 15 is 0 Å². The Balaban J connectivity index is 0. The molecule has 0 rings (SSSR count). The lowest BCUT2D eigenvalue weighted by atomic mass is 10.3. The van der Waals surface area contributed by atoms with Gasteiger partial charge in [-0.05, 0) is 13.8 Å². The van der Waals surface area contributed by atoms with E-state index in [1.54, 1.807) is 11.9 Å². The molecule has 0 fully saturated rings. The molecule has 0 saturated carbocycles. The maximum atomic E-state index is 5.84. The molecule has 0 aliphatic rings. The fraction of sp³-hybridized carbons (Fsp3) is 1.00. The van der Waals surface area contributed by atoms with Crippen molar-refractivity contribution in [3.05, 3.63) is 0 Å². The van der Waals surface area contributed by atoms with Gasteiger partial charge in [-0.2, -0.15) is 0 Å². The van der Waals surface area contributed by atoms with Gasteiger partial charge in [0.2, 0.25) is 0 Å². The van der Waals surface area contributed by atoms with Gasteiger partial charge in [0, 0.05) is 20.2 Å². The largest absolute Gasteiger partial charge is 0.382 e. The Morgan fingerprint density at radius 1 is 0.654 bits per heavy atom. The van der Waals surface area contributed by atoms with Gasteiger partial charge in [-0.25, -0.2) is 0 Å². The van der Waals surface area contributed by atoms with E-state index < -0.39 is 0 Å². The summed E-state index contributed by atoms with van der Waals surface area (Å²) in [5.41, 5.74) is 0. The van der Waals surface area contributed by atoms with Gasteiger partial charge >= 0.3 is 0 Å². The van der Waals surface area contributed by atoms with Crippen molar-refractivity contribution in [2.45, 2.75) is 33.8 Å². The third-order valence-electron chi connectivity index (χ3n) is 2.90. The predicted octanol–water partition coefficient (Wildman–Crippen LogP) is 1.54. The Labute approximate surface area is 162 Å². The third-order valence-corrected chi connectivity index (χ3v) is 2.90. The lowest BCUT2D eigenvalue weighted by molar-refractivity contribution is -0.00304. The highest BCUT2D eigenvalue weighted by atomic mass is 16.5. The van der Waals surface area contributed by atoms with Crippen LogP contribution in [0, 0.1) is 0 Å². The summed E-state index contributed by atoms with van der Waals surface area (Å²) in [7, 11) is 7.49. The van der Waals surface area contributed by atoms with E-state index in [4.69, 9.17) is 36.4 Å². The molecule has 0 heterocycles. The first kappa shape index (κ1) is 28.0. The summed E-state index contributed by atoms with van der Waals surface area (Å²) in [5, 5.41) is 0. The molecule has 0 bridgehead atoms. The van der Waals surface area contributed by atoms with Gasteiger partial charge in [-0.15, -0.1) is 0 Å². The summed E-state index contributed by atoms with van der Waals surface area (Å²) < 4.78 is 31.8. The Kier molecular flexibility index (Phi) is 26.7. The van der Waals surface area contributed by atoms with E-state index in [-0.39, 0.29) is 6.10 Å². The first-order valence-electron chi connectivity index (χ1n) is 9.58. The Hall–Kier alpha value is -0.215. The highest BCUT2D eigenvalue weighted by molar-refractivity contribution is 6.04. The van der Waals surface area contributed by atoms with Crippen LogP contribution in [0.4, 0.5) is 0 Å². The maximum Gasteiger partial charge on any atom is 0.182 e. The molecule has 26 heavy (non-hydrogen) atoms. The minimum absolute atomic E-state index is 0.243. The van der Waals surface area contributed by atoms with Gasteiger partial charge in [0.15, 0.2) is 7.98 Å². The summed E-state index contributed by atoms with van der Waals surface area (Å²) in [6.45, 7) is 15.1. The van der Waals surface area contributed by atoms with Crippen molar-refractivity contribution in [2.75, 3.05) is 86.3 Å². The lowest BCUT2D eigenvalue weighted by Gasteiger charge is -2.17. The Morgan fingerprint density at radius 2 is 1.04 bits per heavy atom. The van der Waals surface area contributed by atoms with Crippen LogP contribution in [0.15, 0.2) is 0 Å². The van der Waals surface area contributed by atoms with Crippen LogP contribution in [0.5, 0.6) is 0 Å². The van der Waals surface area contributed by atoms with Gasteiger partial charge in [-0.1, -0.05) is 13.8 Å². The first-order chi connectivity index (χ1) is 12.7. The minimum Gasteiger partial charge on any atom is -0.382 e. The third kappa shape index (κ3) is 26.0. The normalized spacial score (nSPS) is 11.0. The summed E-state index contributed by atoms with van der Waals surface area (Å²) in [6.07, 6.45) is 0.243. The molecule has 0 aromatic rings. The van der Waals surface area contributed by atoms with E-state index in [0.29, 0.717) is 79.2 Å². The number of nitrogens with zero attached hydrogens (tertiary/aromatic N) is 1. The number of rotatable bonds is 19. The number of methoxy groups -OCH3 is 1. The highest BCUT2D eigenvalue weighted by Crippen LogP contribution is 1.88. The van der Waals surface area contributed by atoms with Gasteiger partial charge in [0.05, 0.1) is 72.2 Å². The smallest absolute Gasteiger partial charge is 0.182 e. The predicted molar refractivity (Wildman–Crippen MR) is 105 cm³/mol. The number of hydrogen-bond acceptors (Lipinski definition) is 7. The van der Waals surface area contributed by atoms with E-state index in [0.717, 1.165) is 0 Å². The first-order valence-corrected chi connectivity index (χ1v) is 9.58. The fourth-order valence-electron chi connectivity index (χ4n) is 1.60. The second kappa shape index (κ2) is 24.8. The van der Waals surface area contributed by atoms with Crippen LogP contribution in [0.25, 0.3) is 0 Å². The van der Waals surface area contributed by atoms with Crippen molar-refractivity contribution in [3.63, 3.8) is 0 Å². The maximum absolute atomic E-state index is 5.84. The zero-order valence-electron chi connectivity index (χ0n) is 17.5. The van der Waals surface area contributed by atoms with Crippen LogP contribution in [0.2, 0.25) is 0 Å². The molecule has 0 saturated heterocycles. The van der Waals surface area contributed by atoms with E-state index in [1.807, 2.05) is 27.7 Å². The highest BCUT2D eigenvalue weighted by Gasteiger charge is 1.99. The van der Waals surface area contributed by atoms with Crippen molar-refractivity contribution < 1.29 is 28.4 Å². The van der Waals surface area contributed by atoms with Gasteiger partial charge in [-0.3, -0.25) is 0 Å². The summed E-state index contributed by atoms with van der Waals surface area (Å²) in [6, 6.07) is 0. The average Bonchev–Trinajstić information content (AvgIpc) is 2.64. The van der Waals surface area contributed by atoms with Crippen molar-refractivity contribution in [1.29, 1.82) is 0 Å². The van der Waals surface area contributed by atoms with Gasteiger partial charge in [0.1, 0.15) is 0 Å². The van der Waals surface area contributed by atoms with Crippen LogP contribution in [-0.4, -0.2) is 105 Å². The molecule has 8 heteroatoms. The van der Waals surface area contributed by atoms with Crippen molar-refractivity contribution in [2.24, 2.45) is 0 Å². The zero-order valence-corrected chi connectivity index (χ0v) is 17.5. The Bertz CT molecular complexity index is 250. The van der Waals surface area contributed by atoms with E-state index in [9.17, 15) is 0 Å². The van der Waals surface area contributed by atoms with E-state index in [1.165, 1.54) is 0 Å². The fourth-order valence-corrected chi connectivity index (χ4v) is 1.60. The average molecular weight is 377 g/mol. The second-order valence-electron chi connectivity index (χ2n) is 5.40. The van der Waals surface area contributed by atoms with Crippen LogP contribution in [0.1, 0.15) is 27.7 Å². The molecule has 0 aromatic carbocycles. The monoisotopic (exact) mass is 377 g/mol.